The number of carbonyl (C=O) groups excluding carboxylic acids is 1. The Labute approximate surface area is 174 Å². The Bertz CT molecular complexity index is 1070. The second-order valence-corrected chi connectivity index (χ2v) is 7.38. The maximum absolute atomic E-state index is 13.5. The lowest BCUT2D eigenvalue weighted by Gasteiger charge is -2.20. The molecule has 1 unspecified atom stereocenters. The van der Waals surface area contributed by atoms with Crippen LogP contribution in [0.15, 0.2) is 45.4 Å². The molecule has 1 aliphatic heterocycles. The van der Waals surface area contributed by atoms with E-state index in [-0.39, 0.29) is 24.1 Å². The van der Waals surface area contributed by atoms with Gasteiger partial charge in [-0.15, -0.1) is 0 Å². The fraction of sp³-hybridized carbons (Fsp3) is 0.250. The van der Waals surface area contributed by atoms with Gasteiger partial charge in [0.25, 0.3) is 0 Å². The average molecular weight is 462 g/mol. The van der Waals surface area contributed by atoms with Gasteiger partial charge in [-0.3, -0.25) is 4.79 Å². The summed E-state index contributed by atoms with van der Waals surface area (Å²) < 4.78 is 29.8. The first-order valence-electron chi connectivity index (χ1n) is 8.81. The average Bonchev–Trinajstić information content (AvgIpc) is 3.36. The Morgan fingerprint density at radius 3 is 2.76 bits per heavy atom. The van der Waals surface area contributed by atoms with Gasteiger partial charge in [-0.25, -0.2) is 4.39 Å². The number of carbonyl (C=O) groups is 1. The molecule has 29 heavy (non-hydrogen) atoms. The maximum Gasteiger partial charge on any atom is 0.232 e. The highest BCUT2D eigenvalue weighted by Gasteiger charge is 2.36. The van der Waals surface area contributed by atoms with Gasteiger partial charge in [0.1, 0.15) is 17.3 Å². The van der Waals surface area contributed by atoms with E-state index in [1.165, 1.54) is 6.07 Å². The second kappa shape index (κ2) is 7.82. The van der Waals surface area contributed by atoms with Crippen molar-refractivity contribution in [2.75, 3.05) is 25.7 Å². The Kier molecular flexibility index (Phi) is 5.23. The van der Waals surface area contributed by atoms with Gasteiger partial charge in [-0.2, -0.15) is 4.98 Å². The smallest absolute Gasteiger partial charge is 0.232 e. The summed E-state index contributed by atoms with van der Waals surface area (Å²) in [5.41, 5.74) is 1.24. The summed E-state index contributed by atoms with van der Waals surface area (Å²) in [6.45, 7) is 0.372. The van der Waals surface area contributed by atoms with Gasteiger partial charge in [-0.05, 0) is 46.3 Å². The van der Waals surface area contributed by atoms with Crippen molar-refractivity contribution in [1.82, 2.24) is 10.1 Å². The zero-order valence-corrected chi connectivity index (χ0v) is 17.3. The van der Waals surface area contributed by atoms with E-state index in [0.717, 1.165) is 0 Å². The van der Waals surface area contributed by atoms with E-state index >= 15 is 0 Å². The molecule has 0 saturated carbocycles. The molecule has 2 heterocycles. The van der Waals surface area contributed by atoms with Crippen molar-refractivity contribution >= 4 is 27.5 Å². The lowest BCUT2D eigenvalue weighted by molar-refractivity contribution is -0.117. The summed E-state index contributed by atoms with van der Waals surface area (Å²) in [5, 5.41) is 3.98. The quantitative estimate of drug-likeness (QED) is 0.567. The molecule has 150 valence electrons. The van der Waals surface area contributed by atoms with Crippen LogP contribution in [-0.2, 0) is 4.79 Å². The molecule has 0 aliphatic carbocycles. The minimum atomic E-state index is -0.373. The van der Waals surface area contributed by atoms with E-state index in [2.05, 4.69) is 26.1 Å². The largest absolute Gasteiger partial charge is 0.497 e. The van der Waals surface area contributed by atoms with Crippen molar-refractivity contribution in [1.29, 1.82) is 0 Å². The van der Waals surface area contributed by atoms with Crippen LogP contribution in [0.3, 0.4) is 0 Å². The highest BCUT2D eigenvalue weighted by Crippen LogP contribution is 2.38. The molecular weight excluding hydrogens is 445 g/mol. The van der Waals surface area contributed by atoms with Gasteiger partial charge in [0.15, 0.2) is 0 Å². The molecule has 0 radical (unpaired) electrons. The van der Waals surface area contributed by atoms with Gasteiger partial charge in [0.05, 0.1) is 30.3 Å². The molecule has 2 aromatic carbocycles. The SMILES string of the molecule is COc1ccc(OC)c(N2CC(c3nc(-c4ccc(F)c(Br)c4)no3)CC2=O)c1. The summed E-state index contributed by atoms with van der Waals surface area (Å²) in [7, 11) is 3.11. The first-order valence-corrected chi connectivity index (χ1v) is 9.61. The minimum absolute atomic E-state index is 0.0779. The van der Waals surface area contributed by atoms with Gasteiger partial charge in [0, 0.05) is 24.6 Å². The van der Waals surface area contributed by atoms with Crippen LogP contribution < -0.4 is 14.4 Å². The van der Waals surface area contributed by atoms with E-state index in [1.54, 1.807) is 49.5 Å². The van der Waals surface area contributed by atoms with Crippen molar-refractivity contribution in [2.45, 2.75) is 12.3 Å². The number of aromatic nitrogens is 2. The number of ether oxygens (including phenoxy) is 2. The molecule has 1 aromatic heterocycles. The van der Waals surface area contributed by atoms with Gasteiger partial charge in [0.2, 0.25) is 17.6 Å². The molecule has 0 N–H and O–H groups in total. The Morgan fingerprint density at radius 1 is 1.21 bits per heavy atom. The van der Waals surface area contributed by atoms with E-state index in [9.17, 15) is 9.18 Å². The van der Waals surface area contributed by atoms with E-state index in [0.29, 0.717) is 45.5 Å². The van der Waals surface area contributed by atoms with Crippen LogP contribution in [0.25, 0.3) is 11.4 Å². The van der Waals surface area contributed by atoms with Gasteiger partial charge < -0.3 is 18.9 Å². The Balaban J connectivity index is 1.59. The van der Waals surface area contributed by atoms with E-state index in [4.69, 9.17) is 14.0 Å². The Hall–Kier alpha value is -2.94. The molecule has 4 rings (SSSR count). The second-order valence-electron chi connectivity index (χ2n) is 6.53. The topological polar surface area (TPSA) is 77.7 Å². The van der Waals surface area contributed by atoms with E-state index < -0.39 is 0 Å². The maximum atomic E-state index is 13.5. The third kappa shape index (κ3) is 3.69. The number of nitrogens with zero attached hydrogens (tertiary/aromatic N) is 3. The summed E-state index contributed by atoms with van der Waals surface area (Å²) in [6, 6.07) is 9.76. The molecule has 1 fully saturated rings. The summed E-state index contributed by atoms with van der Waals surface area (Å²) in [4.78, 5) is 18.7. The third-order valence-electron chi connectivity index (χ3n) is 4.77. The van der Waals surface area contributed by atoms with Gasteiger partial charge in [-0.1, -0.05) is 5.16 Å². The minimum Gasteiger partial charge on any atom is -0.497 e. The van der Waals surface area contributed by atoms with Crippen LogP contribution in [0.1, 0.15) is 18.2 Å². The van der Waals surface area contributed by atoms with Crippen molar-refractivity contribution in [2.24, 2.45) is 0 Å². The molecule has 3 aromatic rings. The normalized spacial score (nSPS) is 16.3. The number of benzene rings is 2. The van der Waals surface area contributed by atoms with Crippen LogP contribution in [0, 0.1) is 5.82 Å². The molecule has 1 saturated heterocycles. The number of anilines is 1. The standard InChI is InChI=1S/C20H17BrFN3O4/c1-27-13-4-6-17(28-2)16(9-13)25-10-12(8-18(25)26)20-23-19(24-29-20)11-3-5-15(22)14(21)7-11/h3-7,9,12H,8,10H2,1-2H3. The molecular formula is C20H17BrFN3O4. The molecule has 1 amide bonds. The summed E-state index contributed by atoms with van der Waals surface area (Å²) in [5.74, 6) is 1.18. The van der Waals surface area contributed by atoms with Crippen LogP contribution in [-0.4, -0.2) is 36.8 Å². The number of amides is 1. The van der Waals surface area contributed by atoms with Crippen LogP contribution >= 0.6 is 15.9 Å². The van der Waals surface area contributed by atoms with Gasteiger partial charge >= 0.3 is 0 Å². The molecule has 1 atom stereocenters. The molecule has 9 heteroatoms. The lowest BCUT2D eigenvalue weighted by Crippen LogP contribution is -2.24. The monoisotopic (exact) mass is 461 g/mol. The lowest BCUT2D eigenvalue weighted by atomic mass is 10.1. The number of halogens is 2. The van der Waals surface area contributed by atoms with Crippen LogP contribution in [0.2, 0.25) is 0 Å². The predicted octanol–water partition coefficient (Wildman–Crippen LogP) is 4.18. The molecule has 0 bridgehead atoms. The predicted molar refractivity (Wildman–Crippen MR) is 107 cm³/mol. The molecule has 7 nitrogen and oxygen atoms in total. The number of hydrogen-bond donors (Lipinski definition) is 0. The third-order valence-corrected chi connectivity index (χ3v) is 5.38. The first kappa shape index (κ1) is 19.4. The molecule has 0 spiro atoms. The van der Waals surface area contributed by atoms with Crippen molar-refractivity contribution in [3.8, 4) is 22.9 Å². The van der Waals surface area contributed by atoms with Crippen molar-refractivity contribution < 1.29 is 23.2 Å². The van der Waals surface area contributed by atoms with Crippen molar-refractivity contribution in [3.05, 3.63) is 52.6 Å². The first-order chi connectivity index (χ1) is 14.0. The van der Waals surface area contributed by atoms with Crippen LogP contribution in [0.4, 0.5) is 10.1 Å². The Morgan fingerprint density at radius 2 is 2.03 bits per heavy atom. The fourth-order valence-electron chi connectivity index (χ4n) is 3.27. The highest BCUT2D eigenvalue weighted by atomic mass is 79.9. The highest BCUT2D eigenvalue weighted by molar-refractivity contribution is 9.10. The zero-order chi connectivity index (χ0) is 20.5. The van der Waals surface area contributed by atoms with E-state index in [1.807, 2.05) is 0 Å². The van der Waals surface area contributed by atoms with Crippen molar-refractivity contribution in [3.63, 3.8) is 0 Å². The zero-order valence-electron chi connectivity index (χ0n) is 15.7. The fourth-order valence-corrected chi connectivity index (χ4v) is 3.65. The molecule has 1 aliphatic rings. The number of rotatable bonds is 5. The van der Waals surface area contributed by atoms with Crippen LogP contribution in [0.5, 0.6) is 11.5 Å². The summed E-state index contributed by atoms with van der Waals surface area (Å²) in [6.07, 6.45) is 0.231. The number of hydrogen-bond acceptors (Lipinski definition) is 6. The summed E-state index contributed by atoms with van der Waals surface area (Å²) >= 11 is 3.15. The number of methoxy groups -OCH3 is 2.